The number of benzene rings is 3. The van der Waals surface area contributed by atoms with Crippen molar-refractivity contribution in [2.24, 2.45) is 0 Å². The van der Waals surface area contributed by atoms with Gasteiger partial charge in [0.15, 0.2) is 0 Å². The van der Waals surface area contributed by atoms with Gasteiger partial charge in [-0.3, -0.25) is 0 Å². The third kappa shape index (κ3) is 5.68. The summed E-state index contributed by atoms with van der Waals surface area (Å²) >= 11 is 6.03. The summed E-state index contributed by atoms with van der Waals surface area (Å²) in [5.41, 5.74) is 4.59. The van der Waals surface area contributed by atoms with Gasteiger partial charge in [0.25, 0.3) is 0 Å². The smallest absolute Gasteiger partial charge is 0.354 e. The van der Waals surface area contributed by atoms with Crippen molar-refractivity contribution in [2.75, 3.05) is 13.7 Å². The molecule has 0 aliphatic rings. The number of carbonyl (C=O) groups is 1. The van der Waals surface area contributed by atoms with E-state index in [-0.39, 0.29) is 12.0 Å². The molecule has 1 aromatic heterocycles. The van der Waals surface area contributed by atoms with E-state index in [1.807, 2.05) is 53.1 Å². The van der Waals surface area contributed by atoms with Crippen LogP contribution < -0.4 is 5.32 Å². The molecule has 0 spiro atoms. The van der Waals surface area contributed by atoms with Gasteiger partial charge in [0.05, 0.1) is 13.2 Å². The van der Waals surface area contributed by atoms with Gasteiger partial charge in [-0.1, -0.05) is 60.1 Å². The van der Waals surface area contributed by atoms with Crippen LogP contribution in [0.4, 0.5) is 0 Å². The van der Waals surface area contributed by atoms with Gasteiger partial charge < -0.3 is 19.7 Å². The Morgan fingerprint density at radius 2 is 1.82 bits per heavy atom. The Morgan fingerprint density at radius 3 is 2.56 bits per heavy atom. The van der Waals surface area contributed by atoms with E-state index in [4.69, 9.17) is 16.3 Å². The van der Waals surface area contributed by atoms with E-state index < -0.39 is 6.10 Å². The molecule has 3 aromatic carbocycles. The summed E-state index contributed by atoms with van der Waals surface area (Å²) < 4.78 is 7.04. The number of methoxy groups -OCH3 is 1. The van der Waals surface area contributed by atoms with E-state index in [0.29, 0.717) is 23.8 Å². The summed E-state index contributed by atoms with van der Waals surface area (Å²) in [5, 5.41) is 15.5. The normalized spacial score (nSPS) is 13.1. The molecular formula is C28H29ClN2O3. The molecule has 5 nitrogen and oxygen atoms in total. The fourth-order valence-electron chi connectivity index (χ4n) is 4.23. The van der Waals surface area contributed by atoms with Crippen molar-refractivity contribution in [3.63, 3.8) is 0 Å². The zero-order chi connectivity index (χ0) is 24.1. The SMILES string of the molecule is COC(=O)c1cc2cc(CC(C)NC[C@H](O)c3cccc(Cl)c3)ccc2n1Cc1ccccc1. The molecule has 4 aromatic rings. The molecule has 2 atom stereocenters. The van der Waals surface area contributed by atoms with Crippen molar-refractivity contribution in [3.05, 3.63) is 106 Å². The number of nitrogens with zero attached hydrogens (tertiary/aromatic N) is 1. The Balaban J connectivity index is 1.48. The Morgan fingerprint density at radius 1 is 1.03 bits per heavy atom. The lowest BCUT2D eigenvalue weighted by Gasteiger charge is -2.18. The molecule has 1 heterocycles. The molecule has 0 saturated carbocycles. The number of fused-ring (bicyclic) bond motifs is 1. The van der Waals surface area contributed by atoms with Crippen LogP contribution in [0.2, 0.25) is 5.02 Å². The van der Waals surface area contributed by atoms with E-state index in [9.17, 15) is 9.90 Å². The second-order valence-electron chi connectivity index (χ2n) is 8.57. The fraction of sp³-hybridized carbons (Fsp3) is 0.250. The first-order chi connectivity index (χ1) is 16.4. The predicted molar refractivity (Wildman–Crippen MR) is 136 cm³/mol. The van der Waals surface area contributed by atoms with Gasteiger partial charge in [-0.25, -0.2) is 4.79 Å². The number of hydrogen-bond donors (Lipinski definition) is 2. The summed E-state index contributed by atoms with van der Waals surface area (Å²) in [6.45, 7) is 3.12. The lowest BCUT2D eigenvalue weighted by molar-refractivity contribution is 0.0589. The minimum atomic E-state index is -0.627. The fourth-order valence-corrected chi connectivity index (χ4v) is 4.43. The highest BCUT2D eigenvalue weighted by molar-refractivity contribution is 6.30. The van der Waals surface area contributed by atoms with Gasteiger partial charge in [-0.15, -0.1) is 0 Å². The van der Waals surface area contributed by atoms with Crippen LogP contribution in [0.3, 0.4) is 0 Å². The predicted octanol–water partition coefficient (Wildman–Crippen LogP) is 5.38. The maximum absolute atomic E-state index is 12.5. The van der Waals surface area contributed by atoms with Crippen LogP contribution in [0, 0.1) is 0 Å². The topological polar surface area (TPSA) is 63.5 Å². The Hall–Kier alpha value is -3.12. The van der Waals surface area contributed by atoms with E-state index in [1.54, 1.807) is 12.1 Å². The van der Waals surface area contributed by atoms with Crippen LogP contribution >= 0.6 is 11.6 Å². The Bertz CT molecular complexity index is 1270. The van der Waals surface area contributed by atoms with Crippen molar-refractivity contribution in [3.8, 4) is 0 Å². The van der Waals surface area contributed by atoms with Crippen molar-refractivity contribution >= 4 is 28.5 Å². The third-order valence-electron chi connectivity index (χ3n) is 5.98. The van der Waals surface area contributed by atoms with Crippen molar-refractivity contribution < 1.29 is 14.6 Å². The van der Waals surface area contributed by atoms with E-state index in [0.717, 1.165) is 34.0 Å². The zero-order valence-electron chi connectivity index (χ0n) is 19.4. The molecule has 34 heavy (non-hydrogen) atoms. The lowest BCUT2D eigenvalue weighted by Crippen LogP contribution is -2.32. The minimum Gasteiger partial charge on any atom is -0.464 e. The number of aliphatic hydroxyl groups is 1. The molecule has 4 rings (SSSR count). The van der Waals surface area contributed by atoms with Crippen LogP contribution in [0.5, 0.6) is 0 Å². The average Bonchev–Trinajstić information content (AvgIpc) is 3.20. The van der Waals surface area contributed by atoms with Crippen LogP contribution in [0.15, 0.2) is 78.9 Å². The Labute approximate surface area is 204 Å². The molecule has 0 radical (unpaired) electrons. The quantitative estimate of drug-likeness (QED) is 0.318. The second kappa shape index (κ2) is 10.9. The molecule has 6 heteroatoms. The van der Waals surface area contributed by atoms with Crippen LogP contribution in [0.1, 0.15) is 40.2 Å². The number of rotatable bonds is 9. The highest BCUT2D eigenvalue weighted by atomic mass is 35.5. The van der Waals surface area contributed by atoms with E-state index in [1.165, 1.54) is 7.11 Å². The standard InChI is InChI=1S/C28H29ClN2O3/c1-19(30-17-27(32)22-9-6-10-24(29)15-22)13-21-11-12-25-23(14-21)16-26(28(33)34-2)31(25)18-20-7-4-3-5-8-20/h3-12,14-16,19,27,30,32H,13,17-18H2,1-2H3/t19?,27-/m0/s1. The number of nitrogens with one attached hydrogen (secondary N) is 1. The molecular weight excluding hydrogens is 448 g/mol. The summed E-state index contributed by atoms with van der Waals surface area (Å²) in [6, 6.07) is 25.7. The van der Waals surface area contributed by atoms with Crippen LogP contribution in [-0.4, -0.2) is 35.3 Å². The summed E-state index contributed by atoms with van der Waals surface area (Å²) in [5.74, 6) is -0.348. The second-order valence-corrected chi connectivity index (χ2v) is 9.01. The van der Waals surface area contributed by atoms with Gasteiger partial charge in [0, 0.05) is 35.1 Å². The molecule has 1 unspecified atom stereocenters. The van der Waals surface area contributed by atoms with Crippen LogP contribution in [0.25, 0.3) is 10.9 Å². The highest BCUT2D eigenvalue weighted by Crippen LogP contribution is 2.24. The highest BCUT2D eigenvalue weighted by Gasteiger charge is 2.17. The largest absolute Gasteiger partial charge is 0.464 e. The summed E-state index contributed by atoms with van der Waals surface area (Å²) in [4.78, 5) is 12.5. The molecule has 0 amide bonds. The third-order valence-corrected chi connectivity index (χ3v) is 6.21. The molecule has 176 valence electrons. The number of aromatic nitrogens is 1. The van der Waals surface area contributed by atoms with Gasteiger partial charge in [-0.2, -0.15) is 0 Å². The number of halogens is 1. The van der Waals surface area contributed by atoms with Gasteiger partial charge in [-0.05, 0) is 60.4 Å². The first kappa shape index (κ1) is 24.0. The maximum atomic E-state index is 12.5. The first-order valence-corrected chi connectivity index (χ1v) is 11.7. The minimum absolute atomic E-state index is 0.151. The number of esters is 1. The molecule has 0 aliphatic heterocycles. The van der Waals surface area contributed by atoms with Crippen molar-refractivity contribution in [1.82, 2.24) is 9.88 Å². The summed E-state index contributed by atoms with van der Waals surface area (Å²) in [7, 11) is 1.41. The number of carbonyl (C=O) groups excluding carboxylic acids is 1. The number of aliphatic hydroxyl groups excluding tert-OH is 1. The molecule has 0 aliphatic carbocycles. The molecule has 0 bridgehead atoms. The zero-order valence-corrected chi connectivity index (χ0v) is 20.1. The Kier molecular flexibility index (Phi) is 7.68. The van der Waals surface area contributed by atoms with Crippen molar-refractivity contribution in [1.29, 1.82) is 0 Å². The van der Waals surface area contributed by atoms with Gasteiger partial charge in [0.2, 0.25) is 0 Å². The summed E-state index contributed by atoms with van der Waals surface area (Å²) in [6.07, 6.45) is 0.161. The van der Waals surface area contributed by atoms with Crippen LogP contribution in [-0.2, 0) is 17.7 Å². The van der Waals surface area contributed by atoms with E-state index >= 15 is 0 Å². The number of hydrogen-bond acceptors (Lipinski definition) is 4. The van der Waals surface area contributed by atoms with Gasteiger partial charge in [0.1, 0.15) is 5.69 Å². The molecule has 2 N–H and O–H groups in total. The number of ether oxygens (including phenoxy) is 1. The first-order valence-electron chi connectivity index (χ1n) is 11.4. The average molecular weight is 477 g/mol. The van der Waals surface area contributed by atoms with Crippen molar-refractivity contribution in [2.45, 2.75) is 32.0 Å². The molecule has 0 saturated heterocycles. The lowest BCUT2D eigenvalue weighted by atomic mass is 10.0. The van der Waals surface area contributed by atoms with Gasteiger partial charge >= 0.3 is 5.97 Å². The monoisotopic (exact) mass is 476 g/mol. The maximum Gasteiger partial charge on any atom is 0.354 e. The van der Waals surface area contributed by atoms with E-state index in [2.05, 4.69) is 30.4 Å². The molecule has 0 fully saturated rings.